The predicted molar refractivity (Wildman–Crippen MR) is 206 cm³/mol. The number of nitrogens with zero attached hydrogens (tertiary/aromatic N) is 8. The number of carbonyl (C=O) groups is 4. The highest BCUT2D eigenvalue weighted by atomic mass is 19.3. The molecule has 13 nitrogen and oxygen atoms in total. The molecule has 5 aliphatic heterocycles. The third-order valence-electron chi connectivity index (χ3n) is 12.5. The van der Waals surface area contributed by atoms with Crippen LogP contribution in [0.4, 0.5) is 24.7 Å². The van der Waals surface area contributed by atoms with Crippen LogP contribution in [0.15, 0.2) is 42.6 Å². The number of alkyl halides is 2. The van der Waals surface area contributed by atoms with E-state index in [-0.39, 0.29) is 29.6 Å². The lowest BCUT2D eigenvalue weighted by atomic mass is 9.93. The first-order valence-corrected chi connectivity index (χ1v) is 19.8. The number of fused-ring (bicyclic) bond motifs is 4. The van der Waals surface area contributed by atoms with E-state index < -0.39 is 42.0 Å². The van der Waals surface area contributed by atoms with Gasteiger partial charge < -0.3 is 14.7 Å². The lowest BCUT2D eigenvalue weighted by molar-refractivity contribution is -0.136. The van der Waals surface area contributed by atoms with E-state index in [0.29, 0.717) is 66.7 Å². The third kappa shape index (κ3) is 6.81. The number of anilines is 2. The molecule has 0 bridgehead atoms. The van der Waals surface area contributed by atoms with Crippen molar-refractivity contribution >= 4 is 46.2 Å². The van der Waals surface area contributed by atoms with Crippen LogP contribution >= 0.6 is 0 Å². The van der Waals surface area contributed by atoms with E-state index in [2.05, 4.69) is 30.0 Å². The quantitative estimate of drug-likeness (QED) is 0.256. The number of nitrogens with one attached hydrogen (secondary N) is 1. The Balaban J connectivity index is 0.768. The summed E-state index contributed by atoms with van der Waals surface area (Å²) < 4.78 is 45.1. The maximum absolute atomic E-state index is 15.6. The third-order valence-corrected chi connectivity index (χ3v) is 12.5. The molecule has 3 aromatic heterocycles. The summed E-state index contributed by atoms with van der Waals surface area (Å²) in [6, 6.07) is 9.23. The van der Waals surface area contributed by atoms with Gasteiger partial charge in [0.15, 0.2) is 11.6 Å². The summed E-state index contributed by atoms with van der Waals surface area (Å²) in [7, 11) is 1.97. The topological polar surface area (TPSA) is 127 Å². The van der Waals surface area contributed by atoms with Crippen molar-refractivity contribution in [1.29, 1.82) is 0 Å². The Morgan fingerprint density at radius 2 is 1.63 bits per heavy atom. The molecule has 4 amide bonds. The van der Waals surface area contributed by atoms with Crippen molar-refractivity contribution in [3.05, 3.63) is 70.8 Å². The standard InChI is InChI=1S/C41H44F3N9O4/c1-48-12-11-33-30(23-48)27-4-5-32(46-36(27)52(33)41(43)44)25-20-31(42)37(45-22-25)51-14-9-24(10-15-51)8-13-49-16-18-50(19-17-49)26-2-3-28-29(21-26)40(57)53(39(28)56)34-6-7-35(54)47-38(34)55/h2-5,20-22,24,34,41H,6-19,23H2,1H3,(H,47,54,55). The minimum absolute atomic E-state index is 0.0778. The molecule has 16 heteroatoms. The molecule has 1 unspecified atom stereocenters. The van der Waals surface area contributed by atoms with Crippen LogP contribution in [-0.2, 0) is 22.6 Å². The van der Waals surface area contributed by atoms with Crippen molar-refractivity contribution in [2.45, 2.75) is 57.7 Å². The molecular weight excluding hydrogens is 740 g/mol. The summed E-state index contributed by atoms with van der Waals surface area (Å²) >= 11 is 0. The molecule has 5 aliphatic rings. The number of carbonyl (C=O) groups excluding carboxylic acids is 4. The Labute approximate surface area is 327 Å². The molecule has 1 atom stereocenters. The largest absolute Gasteiger partial charge is 0.369 e. The van der Waals surface area contributed by atoms with Gasteiger partial charge in [0.1, 0.15) is 11.7 Å². The van der Waals surface area contributed by atoms with Gasteiger partial charge in [0.05, 0.1) is 16.8 Å². The fourth-order valence-electron chi connectivity index (χ4n) is 9.25. The van der Waals surface area contributed by atoms with Gasteiger partial charge in [-0.3, -0.25) is 38.9 Å². The molecule has 298 valence electrons. The van der Waals surface area contributed by atoms with E-state index >= 15 is 4.39 Å². The number of piperazine rings is 1. The van der Waals surface area contributed by atoms with Gasteiger partial charge in [-0.15, -0.1) is 0 Å². The number of likely N-dealkylation sites (N-methyl/N-ethyl adjacent to an activating group) is 1. The zero-order valence-electron chi connectivity index (χ0n) is 31.7. The fourth-order valence-corrected chi connectivity index (χ4v) is 9.25. The molecule has 4 aromatic rings. The molecule has 0 radical (unpaired) electrons. The van der Waals surface area contributed by atoms with Crippen LogP contribution in [0.5, 0.6) is 0 Å². The number of rotatable bonds is 8. The number of halogens is 3. The van der Waals surface area contributed by atoms with Gasteiger partial charge in [-0.25, -0.2) is 14.4 Å². The number of piperidine rings is 2. The van der Waals surface area contributed by atoms with Gasteiger partial charge in [-0.05, 0) is 87.2 Å². The van der Waals surface area contributed by atoms with Crippen LogP contribution in [0.1, 0.15) is 70.6 Å². The monoisotopic (exact) mass is 783 g/mol. The highest BCUT2D eigenvalue weighted by Gasteiger charge is 2.45. The lowest BCUT2D eigenvalue weighted by Gasteiger charge is -2.38. The Kier molecular flexibility index (Phi) is 9.71. The molecule has 0 saturated carbocycles. The van der Waals surface area contributed by atoms with Crippen molar-refractivity contribution in [3.63, 3.8) is 0 Å². The fraction of sp³-hybridized carbons (Fsp3) is 0.463. The van der Waals surface area contributed by atoms with Gasteiger partial charge >= 0.3 is 6.55 Å². The van der Waals surface area contributed by atoms with E-state index in [4.69, 9.17) is 0 Å². The van der Waals surface area contributed by atoms with E-state index in [0.717, 1.165) is 72.7 Å². The SMILES string of the molecule is CN1CCc2c(c3ccc(-c4cnc(N5CCC(CCN6CCN(c7ccc8c(c7)C(=O)N(C7CCC(=O)NC7=O)C8=O)CC6)CC5)c(F)c4)nc3n2C(F)F)C1. The number of amides is 4. The molecule has 1 aromatic carbocycles. The summed E-state index contributed by atoms with van der Waals surface area (Å²) in [5, 5.41) is 2.93. The zero-order valence-corrected chi connectivity index (χ0v) is 31.7. The molecule has 1 N–H and O–H groups in total. The second-order valence-corrected chi connectivity index (χ2v) is 15.9. The normalized spacial score (nSPS) is 21.2. The number of aromatic nitrogens is 3. The molecule has 3 saturated heterocycles. The highest BCUT2D eigenvalue weighted by Crippen LogP contribution is 2.36. The molecule has 0 spiro atoms. The number of pyridine rings is 2. The van der Waals surface area contributed by atoms with Crippen LogP contribution in [0, 0.1) is 11.7 Å². The average Bonchev–Trinajstić information content (AvgIpc) is 3.66. The minimum Gasteiger partial charge on any atom is -0.369 e. The van der Waals surface area contributed by atoms with Gasteiger partial charge in [0.25, 0.3) is 11.8 Å². The van der Waals surface area contributed by atoms with Crippen LogP contribution < -0.4 is 15.1 Å². The Morgan fingerprint density at radius 1 is 0.860 bits per heavy atom. The summed E-state index contributed by atoms with van der Waals surface area (Å²) in [6.45, 7) is 4.11. The molecular formula is C41H44F3N9O4. The number of imide groups is 2. The maximum atomic E-state index is 15.6. The number of benzene rings is 1. The summed E-state index contributed by atoms with van der Waals surface area (Å²) in [4.78, 5) is 69.2. The molecule has 0 aliphatic carbocycles. The van der Waals surface area contributed by atoms with Crippen LogP contribution in [-0.4, -0.2) is 118 Å². The van der Waals surface area contributed by atoms with Gasteiger partial charge in [-0.2, -0.15) is 8.78 Å². The predicted octanol–water partition coefficient (Wildman–Crippen LogP) is 4.45. The van der Waals surface area contributed by atoms with E-state index in [1.807, 2.05) is 24.1 Å². The molecule has 8 heterocycles. The molecule has 3 fully saturated rings. The molecule has 9 rings (SSSR count). The van der Waals surface area contributed by atoms with Crippen LogP contribution in [0.3, 0.4) is 0 Å². The lowest BCUT2D eigenvalue weighted by Crippen LogP contribution is -2.54. The van der Waals surface area contributed by atoms with Crippen molar-refractivity contribution in [2.24, 2.45) is 5.92 Å². The second kappa shape index (κ2) is 14.9. The van der Waals surface area contributed by atoms with Crippen molar-refractivity contribution < 1.29 is 32.3 Å². The van der Waals surface area contributed by atoms with Crippen LogP contribution in [0.2, 0.25) is 0 Å². The van der Waals surface area contributed by atoms with Crippen molar-refractivity contribution in [3.8, 4) is 11.3 Å². The second-order valence-electron chi connectivity index (χ2n) is 15.9. The van der Waals surface area contributed by atoms with E-state index in [9.17, 15) is 28.0 Å². The minimum atomic E-state index is -2.72. The first-order chi connectivity index (χ1) is 27.5. The first kappa shape index (κ1) is 37.2. The van der Waals surface area contributed by atoms with Gasteiger partial charge in [-0.1, -0.05) is 0 Å². The van der Waals surface area contributed by atoms with E-state index in [1.165, 1.54) is 6.07 Å². The van der Waals surface area contributed by atoms with E-state index in [1.54, 1.807) is 24.4 Å². The Bertz CT molecular complexity index is 2280. The Morgan fingerprint density at radius 3 is 2.37 bits per heavy atom. The summed E-state index contributed by atoms with van der Waals surface area (Å²) in [6.07, 6.45) is 5.17. The van der Waals surface area contributed by atoms with Crippen molar-refractivity contribution in [1.82, 2.24) is 34.6 Å². The number of hydrogen-bond donors (Lipinski definition) is 1. The number of hydrogen-bond acceptors (Lipinski definition) is 10. The molecule has 57 heavy (non-hydrogen) atoms. The van der Waals surface area contributed by atoms with Crippen molar-refractivity contribution in [2.75, 3.05) is 69.2 Å². The average molecular weight is 784 g/mol. The maximum Gasteiger partial charge on any atom is 0.320 e. The zero-order chi connectivity index (χ0) is 39.5. The Hall–Kier alpha value is -5.35. The smallest absolute Gasteiger partial charge is 0.320 e. The highest BCUT2D eigenvalue weighted by molar-refractivity contribution is 6.23. The van der Waals surface area contributed by atoms with Gasteiger partial charge in [0, 0.05) is 93.7 Å². The van der Waals surface area contributed by atoms with Crippen LogP contribution in [0.25, 0.3) is 22.3 Å². The van der Waals surface area contributed by atoms with Gasteiger partial charge in [0.2, 0.25) is 11.8 Å². The summed E-state index contributed by atoms with van der Waals surface area (Å²) in [5.41, 5.74) is 3.96. The summed E-state index contributed by atoms with van der Waals surface area (Å²) in [5.74, 6) is -1.70. The first-order valence-electron chi connectivity index (χ1n) is 19.8.